The van der Waals surface area contributed by atoms with Gasteiger partial charge in [0.2, 0.25) is 0 Å². The average Bonchev–Trinajstić information content (AvgIpc) is 2.41. The highest BCUT2D eigenvalue weighted by molar-refractivity contribution is 9.10. The molecule has 0 aromatic heterocycles. The molecule has 0 unspecified atom stereocenters. The number of hydrogen-bond acceptors (Lipinski definition) is 3. The molecule has 4 nitrogen and oxygen atoms in total. The number of halogens is 2. The van der Waals surface area contributed by atoms with E-state index in [-0.39, 0.29) is 10.5 Å². The lowest BCUT2D eigenvalue weighted by Crippen LogP contribution is -2.13. The SMILES string of the molecule is CS(=O)(=O)c1cccc(C(=O)Nc2ccc(Cl)cc2Br)c1. The molecule has 21 heavy (non-hydrogen) atoms. The van der Waals surface area contributed by atoms with Crippen LogP contribution in [0.5, 0.6) is 0 Å². The van der Waals surface area contributed by atoms with Gasteiger partial charge in [0.05, 0.1) is 10.6 Å². The Morgan fingerprint density at radius 1 is 1.19 bits per heavy atom. The first-order chi connectivity index (χ1) is 9.77. The first-order valence-electron chi connectivity index (χ1n) is 5.84. The molecule has 0 heterocycles. The molecule has 1 amide bonds. The van der Waals surface area contributed by atoms with E-state index in [1.807, 2.05) is 0 Å². The summed E-state index contributed by atoms with van der Waals surface area (Å²) in [6.07, 6.45) is 1.10. The number of carbonyl (C=O) groups excluding carboxylic acids is 1. The first kappa shape index (κ1) is 16.0. The van der Waals surface area contributed by atoms with Gasteiger partial charge in [-0.05, 0) is 52.3 Å². The predicted molar refractivity (Wildman–Crippen MR) is 86.7 cm³/mol. The molecule has 0 fully saturated rings. The zero-order valence-electron chi connectivity index (χ0n) is 10.9. The molecule has 0 saturated carbocycles. The van der Waals surface area contributed by atoms with Gasteiger partial charge in [0.1, 0.15) is 0 Å². The number of benzene rings is 2. The number of amides is 1. The van der Waals surface area contributed by atoms with Crippen LogP contribution < -0.4 is 5.32 Å². The standard InChI is InChI=1S/C14H11BrClNO3S/c1-21(19,20)11-4-2-3-9(7-11)14(18)17-13-6-5-10(16)8-12(13)15/h2-8H,1H3,(H,17,18). The van der Waals surface area contributed by atoms with Crippen LogP contribution in [0.2, 0.25) is 5.02 Å². The molecule has 0 aliphatic rings. The van der Waals surface area contributed by atoms with Crippen molar-refractivity contribution in [1.82, 2.24) is 0 Å². The summed E-state index contributed by atoms with van der Waals surface area (Å²) in [7, 11) is -3.35. The Morgan fingerprint density at radius 2 is 1.90 bits per heavy atom. The number of nitrogens with one attached hydrogen (secondary N) is 1. The van der Waals surface area contributed by atoms with Crippen LogP contribution in [0.15, 0.2) is 51.8 Å². The highest BCUT2D eigenvalue weighted by Crippen LogP contribution is 2.26. The Morgan fingerprint density at radius 3 is 2.52 bits per heavy atom. The lowest BCUT2D eigenvalue weighted by molar-refractivity contribution is 0.102. The van der Waals surface area contributed by atoms with Crippen LogP contribution in [-0.2, 0) is 9.84 Å². The van der Waals surface area contributed by atoms with Crippen molar-refractivity contribution in [3.63, 3.8) is 0 Å². The Labute approximate surface area is 136 Å². The summed E-state index contributed by atoms with van der Waals surface area (Å²) in [4.78, 5) is 12.3. The largest absolute Gasteiger partial charge is 0.321 e. The normalized spacial score (nSPS) is 11.2. The number of rotatable bonds is 3. The third-order valence-electron chi connectivity index (χ3n) is 2.70. The van der Waals surface area contributed by atoms with E-state index >= 15 is 0 Å². The van der Waals surface area contributed by atoms with E-state index in [0.717, 1.165) is 6.26 Å². The van der Waals surface area contributed by atoms with E-state index in [2.05, 4.69) is 21.2 Å². The van der Waals surface area contributed by atoms with Gasteiger partial charge in [0.25, 0.3) is 5.91 Å². The molecular formula is C14H11BrClNO3S. The summed E-state index contributed by atoms with van der Waals surface area (Å²) >= 11 is 9.13. The quantitative estimate of drug-likeness (QED) is 0.871. The average molecular weight is 389 g/mol. The van der Waals surface area contributed by atoms with Gasteiger partial charge in [-0.15, -0.1) is 0 Å². The van der Waals surface area contributed by atoms with Crippen LogP contribution in [0.1, 0.15) is 10.4 Å². The van der Waals surface area contributed by atoms with Gasteiger partial charge in [0, 0.05) is 21.3 Å². The fourth-order valence-electron chi connectivity index (χ4n) is 1.65. The third kappa shape index (κ3) is 4.06. The summed E-state index contributed by atoms with van der Waals surface area (Å²) in [6, 6.07) is 10.8. The molecule has 0 radical (unpaired) electrons. The van der Waals surface area contributed by atoms with Crippen LogP contribution in [0.3, 0.4) is 0 Å². The maximum Gasteiger partial charge on any atom is 0.255 e. The molecule has 110 valence electrons. The van der Waals surface area contributed by atoms with Gasteiger partial charge in [0.15, 0.2) is 9.84 Å². The number of hydrogen-bond donors (Lipinski definition) is 1. The molecule has 2 aromatic rings. The molecule has 0 spiro atoms. The van der Waals surface area contributed by atoms with E-state index < -0.39 is 15.7 Å². The zero-order valence-corrected chi connectivity index (χ0v) is 14.1. The highest BCUT2D eigenvalue weighted by atomic mass is 79.9. The monoisotopic (exact) mass is 387 g/mol. The summed E-state index contributed by atoms with van der Waals surface area (Å²) in [6.45, 7) is 0. The molecule has 0 bridgehead atoms. The van der Waals surface area contributed by atoms with Crippen molar-refractivity contribution < 1.29 is 13.2 Å². The first-order valence-corrected chi connectivity index (χ1v) is 8.90. The Balaban J connectivity index is 2.29. The van der Waals surface area contributed by atoms with E-state index in [0.29, 0.717) is 15.2 Å². The second kappa shape index (κ2) is 6.17. The van der Waals surface area contributed by atoms with Gasteiger partial charge in [-0.3, -0.25) is 4.79 Å². The molecule has 2 rings (SSSR count). The molecule has 0 atom stereocenters. The van der Waals surface area contributed by atoms with Crippen LogP contribution in [0.25, 0.3) is 0 Å². The van der Waals surface area contributed by atoms with E-state index in [4.69, 9.17) is 11.6 Å². The lowest BCUT2D eigenvalue weighted by atomic mass is 10.2. The second-order valence-corrected chi connectivity index (χ2v) is 7.68. The fraction of sp³-hybridized carbons (Fsp3) is 0.0714. The van der Waals surface area contributed by atoms with Gasteiger partial charge in [-0.1, -0.05) is 17.7 Å². The van der Waals surface area contributed by atoms with Crippen molar-refractivity contribution in [2.75, 3.05) is 11.6 Å². The van der Waals surface area contributed by atoms with E-state index in [1.54, 1.807) is 24.3 Å². The summed E-state index contributed by atoms with van der Waals surface area (Å²) in [5.74, 6) is -0.400. The molecule has 0 saturated heterocycles. The van der Waals surface area contributed by atoms with Crippen molar-refractivity contribution >= 4 is 49.0 Å². The minimum Gasteiger partial charge on any atom is -0.321 e. The Bertz CT molecular complexity index is 806. The summed E-state index contributed by atoms with van der Waals surface area (Å²) in [5, 5.41) is 3.23. The maximum atomic E-state index is 12.2. The van der Waals surface area contributed by atoms with Crippen LogP contribution in [-0.4, -0.2) is 20.6 Å². The highest BCUT2D eigenvalue weighted by Gasteiger charge is 2.12. The number of sulfone groups is 1. The summed E-state index contributed by atoms with van der Waals surface area (Å²) in [5.41, 5.74) is 0.814. The molecule has 0 aliphatic carbocycles. The number of carbonyl (C=O) groups is 1. The smallest absolute Gasteiger partial charge is 0.255 e. The van der Waals surface area contributed by atoms with Crippen molar-refractivity contribution in [2.45, 2.75) is 4.90 Å². The maximum absolute atomic E-state index is 12.2. The Kier molecular flexibility index (Phi) is 4.70. The molecular weight excluding hydrogens is 378 g/mol. The molecule has 7 heteroatoms. The molecule has 0 aliphatic heterocycles. The minimum atomic E-state index is -3.35. The van der Waals surface area contributed by atoms with Crippen molar-refractivity contribution in [2.24, 2.45) is 0 Å². The van der Waals surface area contributed by atoms with E-state index in [9.17, 15) is 13.2 Å². The van der Waals surface area contributed by atoms with Crippen LogP contribution in [0, 0.1) is 0 Å². The van der Waals surface area contributed by atoms with Gasteiger partial charge in [-0.2, -0.15) is 0 Å². The van der Waals surface area contributed by atoms with Gasteiger partial charge < -0.3 is 5.32 Å². The summed E-state index contributed by atoms with van der Waals surface area (Å²) < 4.78 is 23.6. The van der Waals surface area contributed by atoms with Crippen LogP contribution >= 0.6 is 27.5 Å². The van der Waals surface area contributed by atoms with Crippen molar-refractivity contribution in [3.05, 3.63) is 57.5 Å². The second-order valence-electron chi connectivity index (χ2n) is 4.38. The third-order valence-corrected chi connectivity index (χ3v) is 4.71. The van der Waals surface area contributed by atoms with Crippen molar-refractivity contribution in [1.29, 1.82) is 0 Å². The zero-order chi connectivity index (χ0) is 15.6. The van der Waals surface area contributed by atoms with Crippen molar-refractivity contribution in [3.8, 4) is 0 Å². The van der Waals surface area contributed by atoms with Gasteiger partial charge in [-0.25, -0.2) is 8.42 Å². The fourth-order valence-corrected chi connectivity index (χ4v) is 3.10. The predicted octanol–water partition coefficient (Wildman–Crippen LogP) is 3.76. The molecule has 1 N–H and O–H groups in total. The Hall–Kier alpha value is -1.37. The lowest BCUT2D eigenvalue weighted by Gasteiger charge is -2.08. The molecule has 2 aromatic carbocycles. The van der Waals surface area contributed by atoms with Gasteiger partial charge >= 0.3 is 0 Å². The van der Waals surface area contributed by atoms with E-state index in [1.165, 1.54) is 18.2 Å². The number of anilines is 1. The van der Waals surface area contributed by atoms with Crippen LogP contribution in [0.4, 0.5) is 5.69 Å². The topological polar surface area (TPSA) is 63.2 Å². The minimum absolute atomic E-state index is 0.102.